The molecule has 0 radical (unpaired) electrons. The fourth-order valence-corrected chi connectivity index (χ4v) is 0.271. The van der Waals surface area contributed by atoms with Gasteiger partial charge in [0, 0.05) is 4.53 Å². The summed E-state index contributed by atoms with van der Waals surface area (Å²) in [5.74, 6) is 0. The molecule has 0 aliphatic carbocycles. The van der Waals surface area contributed by atoms with Crippen molar-refractivity contribution in [3.63, 3.8) is 0 Å². The van der Waals surface area contributed by atoms with Crippen molar-refractivity contribution in [2.45, 2.75) is 19.8 Å². The smallest absolute Gasteiger partial charge is 0.132 e. The van der Waals surface area contributed by atoms with E-state index in [4.69, 9.17) is 0 Å². The Balaban J connectivity index is 2.78. The Bertz CT molecular complexity index is 52.0. The van der Waals surface area contributed by atoms with Gasteiger partial charge in [0.1, 0.15) is 6.26 Å². The molecule has 0 saturated heterocycles. The minimum atomic E-state index is 0.879. The van der Waals surface area contributed by atoms with E-state index < -0.39 is 0 Å². The fraction of sp³-hybridized carbons (Fsp3) is 0.600. The van der Waals surface area contributed by atoms with Gasteiger partial charge in [-0.15, -0.1) is 0 Å². The number of hydrogen-bond donors (Lipinski definition) is 0. The lowest BCUT2D eigenvalue weighted by Gasteiger charge is -1.78. The third kappa shape index (κ3) is 5.47. The molecule has 0 aromatic rings. The van der Waals surface area contributed by atoms with E-state index in [0.29, 0.717) is 0 Å². The molecule has 0 heterocycles. The van der Waals surface area contributed by atoms with Crippen LogP contribution in [-0.2, 0) is 4.94 Å². The summed E-state index contributed by atoms with van der Waals surface area (Å²) in [7, 11) is 0. The van der Waals surface area contributed by atoms with Crippen molar-refractivity contribution in [1.29, 1.82) is 0 Å². The predicted octanol–water partition coefficient (Wildman–Crippen LogP) is 2.20. The third-order valence-electron chi connectivity index (χ3n) is 0.603. The lowest BCUT2D eigenvalue weighted by molar-refractivity contribution is -0.0621. The first-order valence-electron chi connectivity index (χ1n) is 2.34. The van der Waals surface area contributed by atoms with Crippen LogP contribution in [0.25, 0.3) is 0 Å². The quantitative estimate of drug-likeness (QED) is 0.499. The Kier molecular flexibility index (Phi) is 5.06. The molecular weight excluding hydrogens is 95.1 g/mol. The van der Waals surface area contributed by atoms with Gasteiger partial charge in [-0.05, 0) is 12.5 Å². The molecule has 0 N–H and O–H groups in total. The van der Waals surface area contributed by atoms with Crippen LogP contribution >= 0.6 is 0 Å². The molecule has 0 rings (SSSR count). The maximum absolute atomic E-state index is 10.7. The standard InChI is InChI=1S/C5H9FO/c1-2-3-4-5-7-6/h4-5H,2-3H2,1H3. The van der Waals surface area contributed by atoms with E-state index in [1.807, 2.05) is 6.92 Å². The zero-order valence-electron chi connectivity index (χ0n) is 4.36. The summed E-state index contributed by atoms with van der Waals surface area (Å²) in [4.78, 5) is 3.16. The zero-order valence-corrected chi connectivity index (χ0v) is 4.36. The molecule has 0 aromatic carbocycles. The summed E-state index contributed by atoms with van der Waals surface area (Å²) in [6, 6.07) is 0. The van der Waals surface area contributed by atoms with Gasteiger partial charge < -0.3 is 4.94 Å². The topological polar surface area (TPSA) is 9.23 Å². The molecule has 7 heavy (non-hydrogen) atoms. The lowest BCUT2D eigenvalue weighted by atomic mass is 10.3. The molecule has 0 amide bonds. The van der Waals surface area contributed by atoms with Gasteiger partial charge in [-0.1, -0.05) is 13.3 Å². The second-order valence-corrected chi connectivity index (χ2v) is 1.25. The van der Waals surface area contributed by atoms with E-state index in [2.05, 4.69) is 4.94 Å². The predicted molar refractivity (Wildman–Crippen MR) is 26.2 cm³/mol. The average molecular weight is 104 g/mol. The first-order chi connectivity index (χ1) is 3.41. The summed E-state index contributed by atoms with van der Waals surface area (Å²) in [6.07, 6.45) is 4.59. The average Bonchev–Trinajstić information content (AvgIpc) is 1.69. The van der Waals surface area contributed by atoms with Crippen LogP contribution in [0.15, 0.2) is 12.3 Å². The number of allylic oxidation sites excluding steroid dienone is 1. The molecule has 0 aliphatic rings. The molecule has 0 saturated carbocycles. The highest BCUT2D eigenvalue weighted by atomic mass is 19.3. The Morgan fingerprint density at radius 1 is 1.71 bits per heavy atom. The van der Waals surface area contributed by atoms with Gasteiger partial charge in [0.05, 0.1) is 0 Å². The van der Waals surface area contributed by atoms with Crippen molar-refractivity contribution in [2.75, 3.05) is 0 Å². The maximum Gasteiger partial charge on any atom is 0.132 e. The van der Waals surface area contributed by atoms with Crippen molar-refractivity contribution in [3.8, 4) is 0 Å². The fourth-order valence-electron chi connectivity index (χ4n) is 0.271. The Morgan fingerprint density at radius 2 is 2.43 bits per heavy atom. The summed E-state index contributed by atoms with van der Waals surface area (Å²) >= 11 is 0. The molecule has 0 unspecified atom stereocenters. The van der Waals surface area contributed by atoms with Gasteiger partial charge in [0.25, 0.3) is 0 Å². The molecule has 0 spiro atoms. The van der Waals surface area contributed by atoms with E-state index in [1.54, 1.807) is 6.08 Å². The molecule has 0 aromatic heterocycles. The molecule has 42 valence electrons. The van der Waals surface area contributed by atoms with E-state index in [1.165, 1.54) is 0 Å². The molecule has 0 aliphatic heterocycles. The molecule has 0 atom stereocenters. The first-order valence-corrected chi connectivity index (χ1v) is 2.34. The van der Waals surface area contributed by atoms with E-state index in [0.717, 1.165) is 19.1 Å². The summed E-state index contributed by atoms with van der Waals surface area (Å²) < 4.78 is 10.7. The molecular formula is C5H9FO. The van der Waals surface area contributed by atoms with Gasteiger partial charge >= 0.3 is 0 Å². The minimum Gasteiger partial charge on any atom is -0.303 e. The lowest BCUT2D eigenvalue weighted by Crippen LogP contribution is -1.60. The van der Waals surface area contributed by atoms with Crippen LogP contribution < -0.4 is 0 Å². The first kappa shape index (κ1) is 6.47. The second kappa shape index (κ2) is 5.47. The van der Waals surface area contributed by atoms with Gasteiger partial charge in [0.15, 0.2) is 0 Å². The van der Waals surface area contributed by atoms with Crippen LogP contribution in [0.2, 0.25) is 0 Å². The van der Waals surface area contributed by atoms with E-state index >= 15 is 0 Å². The van der Waals surface area contributed by atoms with Crippen molar-refractivity contribution < 1.29 is 9.47 Å². The van der Waals surface area contributed by atoms with Crippen molar-refractivity contribution in [1.82, 2.24) is 0 Å². The molecule has 1 nitrogen and oxygen atoms in total. The molecule has 0 fully saturated rings. The number of halogens is 1. The Morgan fingerprint density at radius 3 is 2.86 bits per heavy atom. The van der Waals surface area contributed by atoms with E-state index in [-0.39, 0.29) is 0 Å². The van der Waals surface area contributed by atoms with Gasteiger partial charge in [-0.3, -0.25) is 0 Å². The van der Waals surface area contributed by atoms with Gasteiger partial charge in [0.2, 0.25) is 0 Å². The zero-order chi connectivity index (χ0) is 5.54. The number of rotatable bonds is 3. The Hall–Kier alpha value is -0.530. The largest absolute Gasteiger partial charge is 0.303 e. The molecule has 0 bridgehead atoms. The monoisotopic (exact) mass is 104 g/mol. The summed E-state index contributed by atoms with van der Waals surface area (Å²) in [5.41, 5.74) is 0. The van der Waals surface area contributed by atoms with Crippen LogP contribution in [0.3, 0.4) is 0 Å². The minimum absolute atomic E-state index is 0.879. The summed E-state index contributed by atoms with van der Waals surface area (Å²) in [5, 5.41) is 0. The van der Waals surface area contributed by atoms with Gasteiger partial charge in [-0.2, -0.15) is 0 Å². The Labute approximate surface area is 42.7 Å². The van der Waals surface area contributed by atoms with Crippen molar-refractivity contribution >= 4 is 0 Å². The van der Waals surface area contributed by atoms with Crippen LogP contribution in [0.1, 0.15) is 19.8 Å². The summed E-state index contributed by atoms with van der Waals surface area (Å²) in [6.45, 7) is 2.02. The van der Waals surface area contributed by atoms with Gasteiger partial charge in [-0.25, -0.2) is 0 Å². The normalized spacial score (nSPS) is 10.0. The second-order valence-electron chi connectivity index (χ2n) is 1.25. The van der Waals surface area contributed by atoms with Crippen molar-refractivity contribution in [2.24, 2.45) is 0 Å². The van der Waals surface area contributed by atoms with E-state index in [9.17, 15) is 4.53 Å². The highest BCUT2D eigenvalue weighted by Crippen LogP contribution is 1.87. The number of hydrogen-bond acceptors (Lipinski definition) is 1. The van der Waals surface area contributed by atoms with Crippen LogP contribution in [0.4, 0.5) is 4.53 Å². The number of unbranched alkanes of at least 4 members (excludes halogenated alkanes) is 1. The highest BCUT2D eigenvalue weighted by molar-refractivity contribution is 4.70. The SMILES string of the molecule is CCCC=COF. The maximum atomic E-state index is 10.7. The third-order valence-corrected chi connectivity index (χ3v) is 0.603. The van der Waals surface area contributed by atoms with Crippen LogP contribution in [-0.4, -0.2) is 0 Å². The van der Waals surface area contributed by atoms with Crippen LogP contribution in [0.5, 0.6) is 0 Å². The van der Waals surface area contributed by atoms with Crippen molar-refractivity contribution in [3.05, 3.63) is 12.3 Å². The molecule has 2 heteroatoms. The van der Waals surface area contributed by atoms with Crippen LogP contribution in [0, 0.1) is 0 Å². The highest BCUT2D eigenvalue weighted by Gasteiger charge is 1.70.